The maximum absolute atomic E-state index is 12.6. The largest absolute Gasteiger partial charge is 0.493 e. The molecule has 2 aromatic carbocycles. The van der Waals surface area contributed by atoms with Crippen molar-refractivity contribution in [2.24, 2.45) is 0 Å². The number of amides is 1. The number of hydrogen-bond acceptors (Lipinski definition) is 7. The zero-order valence-corrected chi connectivity index (χ0v) is 17.5. The molecule has 4 rings (SSSR count). The minimum absolute atomic E-state index is 0.137. The number of aryl methyl sites for hydroxylation is 1. The Morgan fingerprint density at radius 1 is 1.20 bits per heavy atom. The molecule has 2 aromatic heterocycles. The van der Waals surface area contributed by atoms with E-state index in [0.717, 1.165) is 25.3 Å². The van der Waals surface area contributed by atoms with Gasteiger partial charge in [-0.25, -0.2) is 4.98 Å². The Labute approximate surface area is 178 Å². The van der Waals surface area contributed by atoms with Crippen LogP contribution < -0.4 is 19.5 Å². The van der Waals surface area contributed by atoms with Crippen molar-refractivity contribution in [3.63, 3.8) is 0 Å². The number of carbonyl (C=O) groups is 1. The van der Waals surface area contributed by atoms with E-state index in [4.69, 9.17) is 9.47 Å². The van der Waals surface area contributed by atoms with Crippen LogP contribution in [0.25, 0.3) is 20.3 Å². The molecule has 0 atom stereocenters. The molecule has 0 fully saturated rings. The van der Waals surface area contributed by atoms with Gasteiger partial charge < -0.3 is 19.5 Å². The van der Waals surface area contributed by atoms with E-state index in [2.05, 4.69) is 15.0 Å². The molecule has 0 aliphatic rings. The summed E-state index contributed by atoms with van der Waals surface area (Å²) in [6.07, 6.45) is 0. The number of hydrogen-bond donors (Lipinski definition) is 1. The van der Waals surface area contributed by atoms with Crippen LogP contribution in [0.4, 0.5) is 14.5 Å². The molecule has 30 heavy (non-hydrogen) atoms. The van der Waals surface area contributed by atoms with Crippen LogP contribution in [0.3, 0.4) is 0 Å². The van der Waals surface area contributed by atoms with Crippen molar-refractivity contribution in [1.82, 2.24) is 4.98 Å². The molecule has 0 saturated carbocycles. The number of benzene rings is 2. The summed E-state index contributed by atoms with van der Waals surface area (Å²) in [5.74, 6) is 0.121. The fraction of sp³-hybridized carbons (Fsp3) is 0.200. The predicted octanol–water partition coefficient (Wildman–Crippen LogP) is 5.45. The molecule has 0 radical (unpaired) electrons. The summed E-state index contributed by atoms with van der Waals surface area (Å²) in [4.78, 5) is 16.9. The van der Waals surface area contributed by atoms with E-state index in [0.29, 0.717) is 5.75 Å². The fourth-order valence-corrected chi connectivity index (χ4v) is 4.82. The zero-order chi connectivity index (χ0) is 21.3. The fourth-order valence-electron chi connectivity index (χ4n) is 2.99. The minimum atomic E-state index is -3.01. The van der Waals surface area contributed by atoms with Crippen LogP contribution in [0, 0.1) is 6.92 Å². The number of ether oxygens (including phenoxy) is 3. The van der Waals surface area contributed by atoms with Gasteiger partial charge in [-0.1, -0.05) is 0 Å². The number of rotatable bonds is 7. The SMILES string of the molecule is COc1ccc(NC(=O)COc2cc3sc(C)nc3c3sccc23)cc1OC(F)F. The molecule has 0 aliphatic carbocycles. The summed E-state index contributed by atoms with van der Waals surface area (Å²) in [6, 6.07) is 8.04. The molecule has 0 spiro atoms. The van der Waals surface area contributed by atoms with Crippen molar-refractivity contribution < 1.29 is 27.8 Å². The average molecular weight is 450 g/mol. The lowest BCUT2D eigenvalue weighted by molar-refractivity contribution is -0.118. The predicted molar refractivity (Wildman–Crippen MR) is 113 cm³/mol. The molecule has 1 amide bonds. The Morgan fingerprint density at radius 2 is 2.03 bits per heavy atom. The molecule has 1 N–H and O–H groups in total. The molecule has 0 aliphatic heterocycles. The second-order valence-electron chi connectivity index (χ2n) is 6.20. The number of alkyl halides is 2. The van der Waals surface area contributed by atoms with E-state index >= 15 is 0 Å². The van der Waals surface area contributed by atoms with Gasteiger partial charge in [0.2, 0.25) is 0 Å². The van der Waals surface area contributed by atoms with E-state index in [1.54, 1.807) is 22.7 Å². The van der Waals surface area contributed by atoms with Crippen molar-refractivity contribution in [2.75, 3.05) is 19.0 Å². The Morgan fingerprint density at radius 3 is 2.80 bits per heavy atom. The third-order valence-electron chi connectivity index (χ3n) is 4.19. The molecule has 0 unspecified atom stereocenters. The molecule has 2 heterocycles. The van der Waals surface area contributed by atoms with Gasteiger partial charge >= 0.3 is 6.61 Å². The van der Waals surface area contributed by atoms with Crippen molar-refractivity contribution in [3.05, 3.63) is 40.7 Å². The van der Waals surface area contributed by atoms with Crippen LogP contribution in [0.2, 0.25) is 0 Å². The number of nitrogens with one attached hydrogen (secondary N) is 1. The summed E-state index contributed by atoms with van der Waals surface area (Å²) in [5.41, 5.74) is 1.22. The molecule has 0 bridgehead atoms. The second kappa shape index (κ2) is 8.41. The normalized spacial score (nSPS) is 11.2. The highest BCUT2D eigenvalue weighted by atomic mass is 32.1. The molecular formula is C20H16F2N2O4S2. The third-order valence-corrected chi connectivity index (χ3v) is 6.03. The molecule has 0 saturated heterocycles. The van der Waals surface area contributed by atoms with E-state index in [9.17, 15) is 13.6 Å². The first kappa shape index (κ1) is 20.3. The number of thiazole rings is 1. The van der Waals surface area contributed by atoms with Crippen molar-refractivity contribution in [3.8, 4) is 17.2 Å². The monoisotopic (exact) mass is 450 g/mol. The third kappa shape index (κ3) is 4.14. The lowest BCUT2D eigenvalue weighted by Gasteiger charge is -2.13. The maximum Gasteiger partial charge on any atom is 0.387 e. The Kier molecular flexibility index (Phi) is 5.69. The molecule has 4 aromatic rings. The van der Waals surface area contributed by atoms with Crippen LogP contribution >= 0.6 is 22.7 Å². The zero-order valence-electron chi connectivity index (χ0n) is 15.9. The first-order valence-corrected chi connectivity index (χ1v) is 10.5. The summed E-state index contributed by atoms with van der Waals surface area (Å²) in [5, 5.41) is 6.41. The number of anilines is 1. The number of fused-ring (bicyclic) bond motifs is 3. The number of thiophene rings is 1. The Balaban J connectivity index is 1.49. The minimum Gasteiger partial charge on any atom is -0.493 e. The van der Waals surface area contributed by atoms with Crippen molar-refractivity contribution >= 4 is 54.6 Å². The van der Waals surface area contributed by atoms with Crippen LogP contribution in [0.1, 0.15) is 5.01 Å². The van der Waals surface area contributed by atoms with E-state index in [-0.39, 0.29) is 23.8 Å². The Hall–Kier alpha value is -2.98. The quantitative estimate of drug-likeness (QED) is 0.406. The van der Waals surface area contributed by atoms with E-state index in [1.807, 2.05) is 24.4 Å². The van der Waals surface area contributed by atoms with Gasteiger partial charge in [0.05, 0.1) is 27.0 Å². The first-order chi connectivity index (χ1) is 14.4. The molecular weight excluding hydrogens is 434 g/mol. The van der Waals surface area contributed by atoms with Crippen LogP contribution in [-0.2, 0) is 4.79 Å². The van der Waals surface area contributed by atoms with Crippen LogP contribution in [-0.4, -0.2) is 31.2 Å². The van der Waals surface area contributed by atoms with Crippen molar-refractivity contribution in [1.29, 1.82) is 0 Å². The molecule has 10 heteroatoms. The topological polar surface area (TPSA) is 69.7 Å². The highest BCUT2D eigenvalue weighted by Gasteiger charge is 2.15. The van der Waals surface area contributed by atoms with E-state index < -0.39 is 12.5 Å². The highest BCUT2D eigenvalue weighted by Crippen LogP contribution is 2.39. The average Bonchev–Trinajstić information content (AvgIpc) is 3.31. The van der Waals surface area contributed by atoms with E-state index in [1.165, 1.54) is 25.3 Å². The second-order valence-corrected chi connectivity index (χ2v) is 8.35. The lowest BCUT2D eigenvalue weighted by Crippen LogP contribution is -2.20. The van der Waals surface area contributed by atoms with Crippen LogP contribution in [0.15, 0.2) is 35.7 Å². The summed E-state index contributed by atoms with van der Waals surface area (Å²) in [6.45, 7) is -1.31. The van der Waals surface area contributed by atoms with Gasteiger partial charge in [0, 0.05) is 23.2 Å². The van der Waals surface area contributed by atoms with Crippen LogP contribution in [0.5, 0.6) is 17.2 Å². The number of nitrogens with zero attached hydrogens (tertiary/aromatic N) is 1. The lowest BCUT2D eigenvalue weighted by atomic mass is 10.2. The van der Waals surface area contributed by atoms with Gasteiger partial charge in [-0.05, 0) is 30.5 Å². The van der Waals surface area contributed by atoms with Gasteiger partial charge in [-0.3, -0.25) is 4.79 Å². The number of aromatic nitrogens is 1. The highest BCUT2D eigenvalue weighted by molar-refractivity contribution is 7.21. The standard InChI is InChI=1S/C20H16F2N2O4S2/c1-10-23-18-16(30-10)8-14(12-5-6-29-19(12)18)27-9-17(25)24-11-3-4-13(26-2)15(7-11)28-20(21)22/h3-8,20H,9H2,1-2H3,(H,24,25). The summed E-state index contributed by atoms with van der Waals surface area (Å²) >= 11 is 3.13. The first-order valence-electron chi connectivity index (χ1n) is 8.77. The number of halogens is 2. The maximum atomic E-state index is 12.6. The van der Waals surface area contributed by atoms with Gasteiger partial charge in [0.25, 0.3) is 5.91 Å². The smallest absolute Gasteiger partial charge is 0.387 e. The Bertz CT molecular complexity index is 1220. The number of carbonyl (C=O) groups excluding carboxylic acids is 1. The summed E-state index contributed by atoms with van der Waals surface area (Å²) < 4.78 is 42.3. The molecule has 156 valence electrons. The molecule has 6 nitrogen and oxygen atoms in total. The van der Waals surface area contributed by atoms with Gasteiger partial charge in [0.1, 0.15) is 5.75 Å². The van der Waals surface area contributed by atoms with Gasteiger partial charge in [-0.15, -0.1) is 22.7 Å². The van der Waals surface area contributed by atoms with Gasteiger partial charge in [-0.2, -0.15) is 8.78 Å². The summed E-state index contributed by atoms with van der Waals surface area (Å²) in [7, 11) is 1.34. The number of methoxy groups -OCH3 is 1. The van der Waals surface area contributed by atoms with Crippen molar-refractivity contribution in [2.45, 2.75) is 13.5 Å². The van der Waals surface area contributed by atoms with Gasteiger partial charge in [0.15, 0.2) is 18.1 Å².